The first-order valence-corrected chi connectivity index (χ1v) is 13.1. The highest BCUT2D eigenvalue weighted by molar-refractivity contribution is 7.00. The predicted molar refractivity (Wildman–Crippen MR) is 133 cm³/mol. The maximum Gasteiger partial charge on any atom is 0.319 e. The second-order valence-electron chi connectivity index (χ2n) is 9.40. The molecule has 3 aromatic rings. The molecular weight excluding hydrogens is 396 g/mol. The van der Waals surface area contributed by atoms with Gasteiger partial charge in [-0.2, -0.15) is 0 Å². The summed E-state index contributed by atoms with van der Waals surface area (Å²) < 4.78 is 7.31. The van der Waals surface area contributed by atoms with Gasteiger partial charge in [-0.25, -0.2) is 0 Å². The number of benzene rings is 3. The van der Waals surface area contributed by atoms with E-state index in [1.807, 2.05) is 0 Å². The Bertz CT molecular complexity index is 1010. The van der Waals surface area contributed by atoms with Crippen molar-refractivity contribution >= 4 is 24.8 Å². The Kier molecular flexibility index (Phi) is 6.17. The zero-order chi connectivity index (χ0) is 21.9. The first-order valence-electron chi connectivity index (χ1n) is 11.2. The van der Waals surface area contributed by atoms with Crippen LogP contribution in [0.1, 0.15) is 44.7 Å². The Morgan fingerprint density at radius 2 is 1.42 bits per heavy atom. The van der Waals surface area contributed by atoms with E-state index in [1.54, 1.807) is 0 Å². The molecule has 0 aliphatic heterocycles. The molecule has 0 aromatic heterocycles. The van der Waals surface area contributed by atoms with E-state index in [4.69, 9.17) is 4.43 Å². The van der Waals surface area contributed by atoms with Crippen molar-refractivity contribution in [1.82, 2.24) is 0 Å². The maximum atomic E-state index is 9.71. The van der Waals surface area contributed by atoms with E-state index in [0.29, 0.717) is 0 Å². The highest BCUT2D eigenvalue weighted by Gasteiger charge is 2.52. The summed E-state index contributed by atoms with van der Waals surface area (Å²) in [5.74, 6) is 0.988. The summed E-state index contributed by atoms with van der Waals surface area (Å²) in [5, 5.41) is 12.2. The van der Waals surface area contributed by atoms with Crippen LogP contribution in [0, 0.1) is 0 Å². The Balaban J connectivity index is 1.93. The molecule has 1 N–H and O–H groups in total. The van der Waals surface area contributed by atoms with Gasteiger partial charge in [0.15, 0.2) is 0 Å². The molecule has 0 bridgehead atoms. The molecule has 0 amide bonds. The van der Waals surface area contributed by atoms with E-state index in [0.717, 1.165) is 30.6 Å². The molecule has 3 aromatic carbocycles. The van der Waals surface area contributed by atoms with Gasteiger partial charge in [0.1, 0.15) is 5.75 Å². The van der Waals surface area contributed by atoms with Gasteiger partial charge in [0.2, 0.25) is 0 Å². The van der Waals surface area contributed by atoms with Gasteiger partial charge in [-0.1, -0.05) is 99.6 Å². The molecule has 1 aliphatic carbocycles. The number of aliphatic hydroxyl groups excluding tert-OH is 1. The molecule has 0 fully saturated rings. The van der Waals surface area contributed by atoms with Crippen molar-refractivity contribution in [3.63, 3.8) is 0 Å². The van der Waals surface area contributed by atoms with Crippen molar-refractivity contribution in [3.8, 4) is 5.75 Å². The van der Waals surface area contributed by atoms with Crippen LogP contribution >= 0.6 is 0 Å². The third kappa shape index (κ3) is 4.12. The lowest BCUT2D eigenvalue weighted by atomic mass is 10.0. The van der Waals surface area contributed by atoms with Crippen LogP contribution in [0.4, 0.5) is 0 Å². The Morgan fingerprint density at radius 3 is 1.97 bits per heavy atom. The molecule has 0 spiro atoms. The van der Waals surface area contributed by atoms with Crippen LogP contribution < -0.4 is 14.8 Å². The lowest BCUT2D eigenvalue weighted by Gasteiger charge is -2.43. The molecule has 0 unspecified atom stereocenters. The lowest BCUT2D eigenvalue weighted by molar-refractivity contribution is 0.327. The molecule has 1 aliphatic rings. The van der Waals surface area contributed by atoms with E-state index in [2.05, 4.69) is 106 Å². The molecule has 0 saturated carbocycles. The zero-order valence-electron chi connectivity index (χ0n) is 18.8. The summed E-state index contributed by atoms with van der Waals surface area (Å²) in [6.07, 6.45) is 5.08. The van der Waals surface area contributed by atoms with Crippen molar-refractivity contribution in [2.45, 2.75) is 45.1 Å². The van der Waals surface area contributed by atoms with Crippen LogP contribution in [0.15, 0.2) is 84.4 Å². The standard InChI is InChI=1S/C28H32O2Si/c1-28(2,3)31(24-14-6-4-7-15-24,25-16-8-5-9-17-25)30-27-19-11-13-23-20-22(21-29)12-10-18-26(23)27/h4-9,11,13-17,19-20,29H,10,12,18,21H2,1-3H3. The normalized spacial score (nSPS) is 14.4. The van der Waals surface area contributed by atoms with Crippen molar-refractivity contribution < 1.29 is 9.53 Å². The summed E-state index contributed by atoms with van der Waals surface area (Å²) in [6, 6.07) is 27.9. The largest absolute Gasteiger partial charge is 0.534 e. The first kappa shape index (κ1) is 21.6. The zero-order valence-corrected chi connectivity index (χ0v) is 19.8. The van der Waals surface area contributed by atoms with Gasteiger partial charge in [0.25, 0.3) is 0 Å². The molecule has 3 heteroatoms. The third-order valence-corrected chi connectivity index (χ3v) is 11.3. The SMILES string of the molecule is CC(C)(C)[Si](Oc1cccc2c1CCCC(CO)=C2)(c1ccccc1)c1ccccc1. The highest BCUT2D eigenvalue weighted by Crippen LogP contribution is 2.40. The average Bonchev–Trinajstić information content (AvgIpc) is 3.00. The van der Waals surface area contributed by atoms with Crippen LogP contribution in [-0.2, 0) is 6.42 Å². The van der Waals surface area contributed by atoms with E-state index < -0.39 is 8.32 Å². The molecule has 0 atom stereocenters. The average molecular weight is 429 g/mol. The fourth-order valence-corrected chi connectivity index (χ4v) is 9.26. The molecule has 0 saturated heterocycles. The van der Waals surface area contributed by atoms with Gasteiger partial charge in [-0.3, -0.25) is 0 Å². The smallest absolute Gasteiger partial charge is 0.319 e. The summed E-state index contributed by atoms with van der Waals surface area (Å²) in [6.45, 7) is 7.05. The van der Waals surface area contributed by atoms with Gasteiger partial charge in [-0.05, 0) is 57.4 Å². The van der Waals surface area contributed by atoms with E-state index >= 15 is 0 Å². The minimum absolute atomic E-state index is 0.0741. The minimum Gasteiger partial charge on any atom is -0.534 e. The summed E-state index contributed by atoms with van der Waals surface area (Å²) >= 11 is 0. The van der Waals surface area contributed by atoms with E-state index in [9.17, 15) is 5.11 Å². The van der Waals surface area contributed by atoms with Crippen molar-refractivity contribution in [3.05, 3.63) is 95.6 Å². The van der Waals surface area contributed by atoms with Crippen LogP contribution in [0.3, 0.4) is 0 Å². The molecule has 2 nitrogen and oxygen atoms in total. The second-order valence-corrected chi connectivity index (χ2v) is 13.6. The number of hydrogen-bond donors (Lipinski definition) is 1. The van der Waals surface area contributed by atoms with Gasteiger partial charge < -0.3 is 9.53 Å². The van der Waals surface area contributed by atoms with E-state index in [-0.39, 0.29) is 11.6 Å². The monoisotopic (exact) mass is 428 g/mol. The van der Waals surface area contributed by atoms with Gasteiger partial charge in [0.05, 0.1) is 6.61 Å². The molecule has 0 heterocycles. The fraction of sp³-hybridized carbons (Fsp3) is 0.286. The van der Waals surface area contributed by atoms with Crippen molar-refractivity contribution in [2.24, 2.45) is 0 Å². The van der Waals surface area contributed by atoms with Gasteiger partial charge in [-0.15, -0.1) is 0 Å². The Hall–Kier alpha value is -2.62. The molecule has 4 rings (SSSR count). The molecule has 160 valence electrons. The van der Waals surface area contributed by atoms with Gasteiger partial charge >= 0.3 is 8.32 Å². The first-order chi connectivity index (χ1) is 15.0. The minimum atomic E-state index is -2.66. The summed E-state index contributed by atoms with van der Waals surface area (Å²) in [4.78, 5) is 0. The topological polar surface area (TPSA) is 29.5 Å². The number of fused-ring (bicyclic) bond motifs is 1. The third-order valence-electron chi connectivity index (χ3n) is 6.34. The predicted octanol–water partition coefficient (Wildman–Crippen LogP) is 5.34. The molecule has 0 radical (unpaired) electrons. The number of rotatable bonds is 5. The van der Waals surface area contributed by atoms with Crippen LogP contribution in [0.5, 0.6) is 5.75 Å². The van der Waals surface area contributed by atoms with Crippen molar-refractivity contribution in [1.29, 1.82) is 0 Å². The maximum absolute atomic E-state index is 9.71. The summed E-state index contributed by atoms with van der Waals surface area (Å²) in [7, 11) is -2.66. The number of aliphatic hydroxyl groups is 1. The van der Waals surface area contributed by atoms with Crippen LogP contribution in [0.25, 0.3) is 6.08 Å². The lowest BCUT2D eigenvalue weighted by Crippen LogP contribution is -2.68. The molecular formula is C28H32O2Si. The van der Waals surface area contributed by atoms with Crippen LogP contribution in [-0.4, -0.2) is 20.0 Å². The van der Waals surface area contributed by atoms with Gasteiger partial charge in [0, 0.05) is 0 Å². The van der Waals surface area contributed by atoms with Crippen molar-refractivity contribution in [2.75, 3.05) is 6.61 Å². The second kappa shape index (κ2) is 8.86. The highest BCUT2D eigenvalue weighted by atomic mass is 28.4. The van der Waals surface area contributed by atoms with Crippen LogP contribution in [0.2, 0.25) is 5.04 Å². The molecule has 31 heavy (non-hydrogen) atoms. The fourth-order valence-electron chi connectivity index (χ4n) is 4.80. The Labute approximate surface area is 187 Å². The Morgan fingerprint density at radius 1 is 0.806 bits per heavy atom. The summed E-state index contributed by atoms with van der Waals surface area (Å²) in [5.41, 5.74) is 3.54. The van der Waals surface area contributed by atoms with E-state index in [1.165, 1.54) is 21.5 Å². The quantitative estimate of drug-likeness (QED) is 0.556. The number of hydrogen-bond acceptors (Lipinski definition) is 2.